The molecule has 0 saturated carbocycles. The zero-order valence-electron chi connectivity index (χ0n) is 18.4. The smallest absolute Gasteiger partial charge is 0.255 e. The Kier molecular flexibility index (Phi) is 7.10. The van der Waals surface area contributed by atoms with Gasteiger partial charge in [-0.15, -0.1) is 0 Å². The molecule has 4 aromatic rings. The topological polar surface area (TPSA) is 71.2 Å². The zero-order valence-corrected chi connectivity index (χ0v) is 19.1. The minimum Gasteiger partial charge on any atom is -0.494 e. The maximum absolute atomic E-state index is 13.2. The number of nitrogens with one attached hydrogen (secondary N) is 2. The third kappa shape index (κ3) is 5.26. The summed E-state index contributed by atoms with van der Waals surface area (Å²) in [6.45, 7) is 2.80. The first-order valence-corrected chi connectivity index (χ1v) is 11.4. The summed E-state index contributed by atoms with van der Waals surface area (Å²) in [6.07, 6.45) is 3.26. The second-order valence-corrected chi connectivity index (χ2v) is 8.23. The predicted octanol–water partition coefficient (Wildman–Crippen LogP) is 6.87. The summed E-state index contributed by atoms with van der Waals surface area (Å²) >= 11 is 6.14. The molecule has 168 valence electrons. The molecule has 0 spiro atoms. The Morgan fingerprint density at radius 2 is 1.70 bits per heavy atom. The van der Waals surface area contributed by atoms with E-state index in [1.54, 1.807) is 66.7 Å². The van der Waals surface area contributed by atoms with E-state index in [1.165, 1.54) is 0 Å². The lowest BCUT2D eigenvalue weighted by molar-refractivity contribution is 0.102. The molecule has 0 aliphatic rings. The van der Waals surface area contributed by atoms with Crippen LogP contribution in [0.1, 0.15) is 52.6 Å². The summed E-state index contributed by atoms with van der Waals surface area (Å²) < 4.78 is 5.72. The summed E-state index contributed by atoms with van der Waals surface area (Å²) in [5, 5.41) is 4.17. The van der Waals surface area contributed by atoms with Gasteiger partial charge in [-0.3, -0.25) is 9.59 Å². The van der Waals surface area contributed by atoms with Crippen LogP contribution in [0.4, 0.5) is 5.69 Å². The van der Waals surface area contributed by atoms with Crippen LogP contribution >= 0.6 is 11.6 Å². The number of aromatic nitrogens is 1. The average Bonchev–Trinajstić information content (AvgIpc) is 3.19. The number of hydrogen-bond donors (Lipinski definition) is 2. The molecule has 2 N–H and O–H groups in total. The Balaban J connectivity index is 1.60. The number of unbranched alkanes of at least 4 members (excludes halogenated alkanes) is 2. The molecule has 0 radical (unpaired) electrons. The van der Waals surface area contributed by atoms with Crippen molar-refractivity contribution < 1.29 is 14.3 Å². The SMILES string of the molecule is CCCCCOc1ccc(C(=O)Nc2c(C(=O)c3ccccc3)[nH]c3cc(Cl)ccc23)cc1. The molecule has 0 aliphatic carbocycles. The third-order valence-corrected chi connectivity index (χ3v) is 5.63. The minimum atomic E-state index is -0.314. The van der Waals surface area contributed by atoms with Crippen molar-refractivity contribution >= 4 is 39.9 Å². The van der Waals surface area contributed by atoms with E-state index in [9.17, 15) is 9.59 Å². The van der Waals surface area contributed by atoms with Crippen LogP contribution in [0.5, 0.6) is 5.75 Å². The number of ketones is 1. The van der Waals surface area contributed by atoms with Gasteiger partial charge in [0.1, 0.15) is 11.4 Å². The van der Waals surface area contributed by atoms with Crippen LogP contribution in [0, 0.1) is 0 Å². The van der Waals surface area contributed by atoms with Gasteiger partial charge in [0.15, 0.2) is 0 Å². The van der Waals surface area contributed by atoms with Crippen LogP contribution in [0.15, 0.2) is 72.8 Å². The fourth-order valence-corrected chi connectivity index (χ4v) is 3.81. The molecule has 33 heavy (non-hydrogen) atoms. The number of benzene rings is 3. The summed E-state index contributed by atoms with van der Waals surface area (Å²) in [7, 11) is 0. The summed E-state index contributed by atoms with van der Waals surface area (Å²) in [5.74, 6) is 0.198. The van der Waals surface area contributed by atoms with Crippen molar-refractivity contribution in [1.82, 2.24) is 4.98 Å². The number of carbonyl (C=O) groups excluding carboxylic acids is 2. The first kappa shape index (κ1) is 22.6. The standard InChI is InChI=1S/C27H25ClN2O3/c1-2-3-7-16-33-21-13-10-19(11-14-21)27(32)30-24-22-15-12-20(28)17-23(22)29-25(24)26(31)18-8-5-4-6-9-18/h4-6,8-15,17,29H,2-3,7,16H2,1H3,(H,30,32). The number of anilines is 1. The number of fused-ring (bicyclic) bond motifs is 1. The van der Waals surface area contributed by atoms with E-state index in [-0.39, 0.29) is 11.7 Å². The van der Waals surface area contributed by atoms with Crippen LogP contribution in [0.3, 0.4) is 0 Å². The Morgan fingerprint density at radius 3 is 2.42 bits per heavy atom. The number of H-pyrrole nitrogens is 1. The van der Waals surface area contributed by atoms with Crippen molar-refractivity contribution in [3.05, 3.63) is 94.6 Å². The monoisotopic (exact) mass is 460 g/mol. The van der Waals surface area contributed by atoms with Gasteiger partial charge in [-0.1, -0.05) is 61.7 Å². The Morgan fingerprint density at radius 1 is 0.939 bits per heavy atom. The van der Waals surface area contributed by atoms with E-state index in [1.807, 2.05) is 6.07 Å². The van der Waals surface area contributed by atoms with Crippen LogP contribution < -0.4 is 10.1 Å². The number of carbonyl (C=O) groups is 2. The lowest BCUT2D eigenvalue weighted by atomic mass is 10.1. The highest BCUT2D eigenvalue weighted by Crippen LogP contribution is 2.32. The van der Waals surface area contributed by atoms with Gasteiger partial charge < -0.3 is 15.0 Å². The maximum Gasteiger partial charge on any atom is 0.255 e. The lowest BCUT2D eigenvalue weighted by Gasteiger charge is -2.09. The van der Waals surface area contributed by atoms with Crippen LogP contribution in [0.2, 0.25) is 5.02 Å². The molecular formula is C27H25ClN2O3. The first-order valence-electron chi connectivity index (χ1n) is 11.0. The van der Waals surface area contributed by atoms with Gasteiger partial charge in [0.2, 0.25) is 5.78 Å². The fraction of sp³-hybridized carbons (Fsp3) is 0.185. The predicted molar refractivity (Wildman–Crippen MR) is 133 cm³/mol. The molecule has 0 fully saturated rings. The minimum absolute atomic E-state index is 0.214. The van der Waals surface area contributed by atoms with Gasteiger partial charge >= 0.3 is 0 Å². The van der Waals surface area contributed by atoms with Gasteiger partial charge in [0.25, 0.3) is 5.91 Å². The normalized spacial score (nSPS) is 10.8. The van der Waals surface area contributed by atoms with Gasteiger partial charge in [-0.25, -0.2) is 0 Å². The highest BCUT2D eigenvalue weighted by Gasteiger charge is 2.21. The molecule has 0 aliphatic heterocycles. The third-order valence-electron chi connectivity index (χ3n) is 5.40. The Labute approximate surface area is 197 Å². The van der Waals surface area contributed by atoms with Gasteiger partial charge in [-0.2, -0.15) is 0 Å². The van der Waals surface area contributed by atoms with Crippen LogP contribution in [-0.2, 0) is 0 Å². The van der Waals surface area contributed by atoms with Crippen molar-refractivity contribution in [1.29, 1.82) is 0 Å². The summed E-state index contributed by atoms with van der Waals surface area (Å²) in [4.78, 5) is 29.4. The van der Waals surface area contributed by atoms with E-state index in [0.717, 1.165) is 25.0 Å². The molecule has 4 rings (SSSR count). The van der Waals surface area contributed by atoms with E-state index >= 15 is 0 Å². The molecule has 1 amide bonds. The van der Waals surface area contributed by atoms with E-state index in [0.29, 0.717) is 45.0 Å². The molecule has 6 heteroatoms. The highest BCUT2D eigenvalue weighted by atomic mass is 35.5. The van der Waals surface area contributed by atoms with Gasteiger partial charge in [0, 0.05) is 27.1 Å². The quantitative estimate of drug-likeness (QED) is 0.211. The first-order chi connectivity index (χ1) is 16.1. The lowest BCUT2D eigenvalue weighted by Crippen LogP contribution is -2.14. The fourth-order valence-electron chi connectivity index (χ4n) is 3.63. The van der Waals surface area contributed by atoms with E-state index in [2.05, 4.69) is 17.2 Å². The zero-order chi connectivity index (χ0) is 23.2. The Bertz CT molecular complexity index is 1260. The summed E-state index contributed by atoms with van der Waals surface area (Å²) in [5.41, 5.74) is 2.41. The van der Waals surface area contributed by atoms with Crippen molar-refractivity contribution in [2.75, 3.05) is 11.9 Å². The molecule has 0 atom stereocenters. The number of amides is 1. The number of hydrogen-bond acceptors (Lipinski definition) is 3. The van der Waals surface area contributed by atoms with Gasteiger partial charge in [0.05, 0.1) is 12.3 Å². The number of rotatable bonds is 9. The molecule has 0 bridgehead atoms. The van der Waals surface area contributed by atoms with E-state index in [4.69, 9.17) is 16.3 Å². The molecule has 0 saturated heterocycles. The largest absolute Gasteiger partial charge is 0.494 e. The number of halogens is 1. The van der Waals surface area contributed by atoms with Crippen LogP contribution in [-0.4, -0.2) is 23.3 Å². The average molecular weight is 461 g/mol. The number of ether oxygens (including phenoxy) is 1. The van der Waals surface area contributed by atoms with E-state index < -0.39 is 0 Å². The summed E-state index contributed by atoms with van der Waals surface area (Å²) in [6, 6.07) is 21.2. The van der Waals surface area contributed by atoms with Crippen molar-refractivity contribution in [2.45, 2.75) is 26.2 Å². The molecule has 3 aromatic carbocycles. The second-order valence-electron chi connectivity index (χ2n) is 7.79. The number of aromatic amines is 1. The molecule has 1 heterocycles. The van der Waals surface area contributed by atoms with Crippen molar-refractivity contribution in [2.24, 2.45) is 0 Å². The second kappa shape index (κ2) is 10.4. The maximum atomic E-state index is 13.2. The molecular weight excluding hydrogens is 436 g/mol. The molecule has 1 aromatic heterocycles. The van der Waals surface area contributed by atoms with Crippen molar-refractivity contribution in [3.63, 3.8) is 0 Å². The molecule has 5 nitrogen and oxygen atoms in total. The van der Waals surface area contributed by atoms with Crippen molar-refractivity contribution in [3.8, 4) is 5.75 Å². The Hall–Kier alpha value is -3.57. The van der Waals surface area contributed by atoms with Crippen LogP contribution in [0.25, 0.3) is 10.9 Å². The highest BCUT2D eigenvalue weighted by molar-refractivity contribution is 6.31. The molecule has 0 unspecified atom stereocenters. The van der Waals surface area contributed by atoms with Gasteiger partial charge in [-0.05, 0) is 48.9 Å².